The fraction of sp³-hybridized carbons (Fsp3) is 0.267. The Bertz CT molecular complexity index is 606. The molecule has 0 unspecified atom stereocenters. The van der Waals surface area contributed by atoms with Crippen LogP contribution in [0.5, 0.6) is 0 Å². The van der Waals surface area contributed by atoms with Crippen molar-refractivity contribution in [1.82, 2.24) is 0 Å². The summed E-state index contributed by atoms with van der Waals surface area (Å²) in [4.78, 5) is 14.7. The molecule has 100 valence electrons. The van der Waals surface area contributed by atoms with E-state index in [9.17, 15) is 9.18 Å². The normalized spacial score (nSPS) is 10.5. The standard InChI is InChI=1S/C15H16FNOS/c1-10-7-8-19-14(10)9-17(3)13-6-4-5-12(16)15(13)11(2)18/h4-8H,9H2,1-3H3. The molecule has 0 fully saturated rings. The molecule has 0 spiro atoms. The Morgan fingerprint density at radius 2 is 2.11 bits per heavy atom. The molecule has 0 saturated heterocycles. The third kappa shape index (κ3) is 2.84. The molecular weight excluding hydrogens is 261 g/mol. The van der Waals surface area contributed by atoms with Gasteiger partial charge in [-0.05, 0) is 43.0 Å². The van der Waals surface area contributed by atoms with Crippen LogP contribution in [0.25, 0.3) is 0 Å². The third-order valence-electron chi connectivity index (χ3n) is 3.10. The molecule has 19 heavy (non-hydrogen) atoms. The van der Waals surface area contributed by atoms with E-state index in [-0.39, 0.29) is 11.3 Å². The van der Waals surface area contributed by atoms with Crippen LogP contribution in [-0.2, 0) is 6.54 Å². The summed E-state index contributed by atoms with van der Waals surface area (Å²) >= 11 is 1.67. The second-order valence-electron chi connectivity index (χ2n) is 4.57. The smallest absolute Gasteiger partial charge is 0.164 e. The Kier molecular flexibility index (Phi) is 4.00. The van der Waals surface area contributed by atoms with E-state index in [4.69, 9.17) is 0 Å². The van der Waals surface area contributed by atoms with Gasteiger partial charge in [0.2, 0.25) is 0 Å². The number of carbonyl (C=O) groups is 1. The van der Waals surface area contributed by atoms with Crippen LogP contribution < -0.4 is 4.90 Å². The van der Waals surface area contributed by atoms with Crippen molar-refractivity contribution in [2.75, 3.05) is 11.9 Å². The van der Waals surface area contributed by atoms with Crippen molar-refractivity contribution in [2.45, 2.75) is 20.4 Å². The number of Topliss-reactive ketones (excluding diaryl/α,β-unsaturated/α-hetero) is 1. The third-order valence-corrected chi connectivity index (χ3v) is 4.11. The van der Waals surface area contributed by atoms with Crippen molar-refractivity contribution in [3.05, 3.63) is 51.5 Å². The van der Waals surface area contributed by atoms with Crippen LogP contribution >= 0.6 is 11.3 Å². The van der Waals surface area contributed by atoms with Gasteiger partial charge in [0, 0.05) is 11.9 Å². The Balaban J connectivity index is 2.34. The van der Waals surface area contributed by atoms with Crippen molar-refractivity contribution in [3.63, 3.8) is 0 Å². The number of ketones is 1. The number of benzene rings is 1. The topological polar surface area (TPSA) is 20.3 Å². The van der Waals surface area contributed by atoms with E-state index in [0.717, 1.165) is 0 Å². The number of hydrogen-bond donors (Lipinski definition) is 0. The highest BCUT2D eigenvalue weighted by atomic mass is 32.1. The maximum atomic E-state index is 13.8. The summed E-state index contributed by atoms with van der Waals surface area (Å²) in [5.41, 5.74) is 2.03. The first-order valence-electron chi connectivity index (χ1n) is 6.04. The number of nitrogens with zero attached hydrogens (tertiary/aromatic N) is 1. The van der Waals surface area contributed by atoms with Gasteiger partial charge in [-0.15, -0.1) is 11.3 Å². The van der Waals surface area contributed by atoms with Gasteiger partial charge in [0.05, 0.1) is 17.8 Å². The predicted octanol–water partition coefficient (Wildman–Crippen LogP) is 4.03. The molecular formula is C15H16FNOS. The molecule has 0 radical (unpaired) electrons. The van der Waals surface area contributed by atoms with Gasteiger partial charge in [0.15, 0.2) is 5.78 Å². The molecule has 4 heteroatoms. The quantitative estimate of drug-likeness (QED) is 0.786. The van der Waals surface area contributed by atoms with Crippen molar-refractivity contribution >= 4 is 22.8 Å². The van der Waals surface area contributed by atoms with Crippen LogP contribution in [0.15, 0.2) is 29.6 Å². The van der Waals surface area contributed by atoms with Gasteiger partial charge in [-0.1, -0.05) is 6.07 Å². The SMILES string of the molecule is CC(=O)c1c(F)cccc1N(C)Cc1sccc1C. The van der Waals surface area contributed by atoms with Crippen LogP contribution in [0.3, 0.4) is 0 Å². The molecule has 0 aliphatic carbocycles. The minimum Gasteiger partial charge on any atom is -0.369 e. The van der Waals surface area contributed by atoms with E-state index in [0.29, 0.717) is 12.2 Å². The Morgan fingerprint density at radius 3 is 2.68 bits per heavy atom. The van der Waals surface area contributed by atoms with Crippen molar-refractivity contribution in [3.8, 4) is 0 Å². The van der Waals surface area contributed by atoms with Crippen LogP contribution in [0, 0.1) is 12.7 Å². The van der Waals surface area contributed by atoms with Gasteiger partial charge in [-0.3, -0.25) is 4.79 Å². The average molecular weight is 277 g/mol. The van der Waals surface area contributed by atoms with Gasteiger partial charge in [-0.2, -0.15) is 0 Å². The van der Waals surface area contributed by atoms with Crippen LogP contribution in [0.2, 0.25) is 0 Å². The Morgan fingerprint density at radius 1 is 1.37 bits per heavy atom. The molecule has 0 bridgehead atoms. The summed E-state index contributed by atoms with van der Waals surface area (Å²) in [6.07, 6.45) is 0. The lowest BCUT2D eigenvalue weighted by atomic mass is 10.1. The van der Waals surface area contributed by atoms with E-state index in [1.54, 1.807) is 23.5 Å². The number of hydrogen-bond acceptors (Lipinski definition) is 3. The van der Waals surface area contributed by atoms with Crippen LogP contribution in [0.1, 0.15) is 27.7 Å². The van der Waals surface area contributed by atoms with Gasteiger partial charge in [-0.25, -0.2) is 4.39 Å². The first-order valence-corrected chi connectivity index (χ1v) is 6.92. The van der Waals surface area contributed by atoms with E-state index in [1.807, 2.05) is 17.3 Å². The number of carbonyl (C=O) groups excluding carboxylic acids is 1. The number of thiophene rings is 1. The van der Waals surface area contributed by atoms with Crippen molar-refractivity contribution in [2.24, 2.45) is 0 Å². The van der Waals surface area contributed by atoms with Crippen molar-refractivity contribution < 1.29 is 9.18 Å². The summed E-state index contributed by atoms with van der Waals surface area (Å²) in [5.74, 6) is -0.706. The first kappa shape index (κ1) is 13.7. The minimum atomic E-state index is -0.459. The lowest BCUT2D eigenvalue weighted by molar-refractivity contribution is 0.101. The highest BCUT2D eigenvalue weighted by Crippen LogP contribution is 2.26. The zero-order valence-electron chi connectivity index (χ0n) is 11.2. The maximum absolute atomic E-state index is 13.8. The average Bonchev–Trinajstić information content (AvgIpc) is 2.74. The Labute approximate surface area is 116 Å². The molecule has 0 N–H and O–H groups in total. The predicted molar refractivity (Wildman–Crippen MR) is 77.6 cm³/mol. The molecule has 2 aromatic rings. The second kappa shape index (κ2) is 5.53. The number of rotatable bonds is 4. The Hall–Kier alpha value is -1.68. The lowest BCUT2D eigenvalue weighted by Gasteiger charge is -2.21. The molecule has 0 aliphatic heterocycles. The summed E-state index contributed by atoms with van der Waals surface area (Å²) < 4.78 is 13.8. The second-order valence-corrected chi connectivity index (χ2v) is 5.57. The molecule has 0 amide bonds. The fourth-order valence-electron chi connectivity index (χ4n) is 2.05. The monoisotopic (exact) mass is 277 g/mol. The van der Waals surface area contributed by atoms with Gasteiger partial charge < -0.3 is 4.90 Å². The fourth-order valence-corrected chi connectivity index (χ4v) is 3.00. The number of aryl methyl sites for hydroxylation is 1. The maximum Gasteiger partial charge on any atom is 0.164 e. The molecule has 2 nitrogen and oxygen atoms in total. The zero-order chi connectivity index (χ0) is 14.0. The van der Waals surface area contributed by atoms with E-state index >= 15 is 0 Å². The van der Waals surface area contributed by atoms with Crippen LogP contribution in [0.4, 0.5) is 10.1 Å². The minimum absolute atomic E-state index is 0.166. The zero-order valence-corrected chi connectivity index (χ0v) is 12.1. The van der Waals surface area contributed by atoms with Crippen LogP contribution in [-0.4, -0.2) is 12.8 Å². The highest BCUT2D eigenvalue weighted by molar-refractivity contribution is 7.10. The van der Waals surface area contributed by atoms with Gasteiger partial charge >= 0.3 is 0 Å². The molecule has 0 saturated carbocycles. The number of anilines is 1. The summed E-state index contributed by atoms with van der Waals surface area (Å²) in [5, 5.41) is 2.04. The molecule has 0 aliphatic rings. The highest BCUT2D eigenvalue weighted by Gasteiger charge is 2.16. The molecule has 1 aromatic heterocycles. The lowest BCUT2D eigenvalue weighted by Crippen LogP contribution is -2.19. The van der Waals surface area contributed by atoms with E-state index in [2.05, 4.69) is 13.0 Å². The summed E-state index contributed by atoms with van der Waals surface area (Å²) in [6, 6.07) is 6.80. The van der Waals surface area contributed by atoms with E-state index < -0.39 is 5.82 Å². The summed E-state index contributed by atoms with van der Waals surface area (Å²) in [7, 11) is 1.88. The largest absolute Gasteiger partial charge is 0.369 e. The molecule has 1 heterocycles. The summed E-state index contributed by atoms with van der Waals surface area (Å²) in [6.45, 7) is 4.12. The van der Waals surface area contributed by atoms with Gasteiger partial charge in [0.1, 0.15) is 5.82 Å². The number of halogens is 1. The molecule has 1 aromatic carbocycles. The first-order chi connectivity index (χ1) is 9.00. The molecule has 0 atom stereocenters. The molecule has 2 rings (SSSR count). The van der Waals surface area contributed by atoms with Gasteiger partial charge in [0.25, 0.3) is 0 Å². The van der Waals surface area contributed by atoms with E-state index in [1.165, 1.54) is 23.4 Å². The van der Waals surface area contributed by atoms with Crippen molar-refractivity contribution in [1.29, 1.82) is 0 Å².